The fraction of sp³-hybridized carbons (Fsp3) is 0.350. The van der Waals surface area contributed by atoms with E-state index in [0.717, 1.165) is 5.56 Å². The molecule has 2 aliphatic rings. The minimum absolute atomic E-state index is 0.266. The second-order valence-corrected chi connectivity index (χ2v) is 6.20. The molecule has 6 nitrogen and oxygen atoms in total. The van der Waals surface area contributed by atoms with Crippen LogP contribution in [0.4, 0.5) is 4.79 Å². The lowest BCUT2D eigenvalue weighted by molar-refractivity contribution is -0.299. The first-order valence-electron chi connectivity index (χ1n) is 8.67. The van der Waals surface area contributed by atoms with Gasteiger partial charge in [0.25, 0.3) is 0 Å². The van der Waals surface area contributed by atoms with Gasteiger partial charge < -0.3 is 23.7 Å². The Balaban J connectivity index is 1.41. The fourth-order valence-corrected chi connectivity index (χ4v) is 3.16. The summed E-state index contributed by atoms with van der Waals surface area (Å²) in [4.78, 5) is 12.1. The monoisotopic (exact) mass is 356 g/mol. The molecule has 0 aromatic heterocycles. The molecule has 0 aliphatic carbocycles. The van der Waals surface area contributed by atoms with Crippen LogP contribution in [0.3, 0.4) is 0 Å². The minimum atomic E-state index is -0.742. The van der Waals surface area contributed by atoms with E-state index in [1.54, 1.807) is 24.3 Å². The first-order chi connectivity index (χ1) is 12.8. The molecule has 2 aliphatic heterocycles. The van der Waals surface area contributed by atoms with Gasteiger partial charge in [0.2, 0.25) is 0 Å². The van der Waals surface area contributed by atoms with Gasteiger partial charge in [-0.3, -0.25) is 0 Å². The van der Waals surface area contributed by atoms with Gasteiger partial charge in [0.1, 0.15) is 24.1 Å². The van der Waals surface area contributed by atoms with E-state index in [-0.39, 0.29) is 6.10 Å². The van der Waals surface area contributed by atoms with Crippen molar-refractivity contribution in [2.24, 2.45) is 0 Å². The van der Waals surface area contributed by atoms with Gasteiger partial charge in [-0.1, -0.05) is 48.5 Å². The van der Waals surface area contributed by atoms with E-state index < -0.39 is 24.7 Å². The van der Waals surface area contributed by atoms with Crippen molar-refractivity contribution >= 4 is 6.16 Å². The summed E-state index contributed by atoms with van der Waals surface area (Å²) in [5, 5.41) is 0. The summed E-state index contributed by atoms with van der Waals surface area (Å²) in [7, 11) is 0. The number of hydrogen-bond acceptors (Lipinski definition) is 6. The predicted molar refractivity (Wildman–Crippen MR) is 91.7 cm³/mol. The van der Waals surface area contributed by atoms with Crippen LogP contribution in [0, 0.1) is 0 Å². The first-order valence-corrected chi connectivity index (χ1v) is 8.67. The highest BCUT2D eigenvalue weighted by molar-refractivity contribution is 5.64. The maximum atomic E-state index is 12.1. The molecule has 0 amide bonds. The molecule has 0 N–H and O–H groups in total. The third-order valence-corrected chi connectivity index (χ3v) is 4.42. The van der Waals surface area contributed by atoms with E-state index in [9.17, 15) is 4.79 Å². The van der Waals surface area contributed by atoms with Crippen molar-refractivity contribution in [3.63, 3.8) is 0 Å². The summed E-state index contributed by atoms with van der Waals surface area (Å²) in [6, 6.07) is 18.5. The van der Waals surface area contributed by atoms with Crippen LogP contribution in [0.1, 0.15) is 18.3 Å². The number of benzene rings is 2. The van der Waals surface area contributed by atoms with Gasteiger partial charge in [0.05, 0.1) is 13.2 Å². The molecule has 4 rings (SSSR count). The summed E-state index contributed by atoms with van der Waals surface area (Å²) in [6.45, 7) is 0.866. The zero-order chi connectivity index (χ0) is 17.8. The second-order valence-electron chi connectivity index (χ2n) is 6.20. The highest BCUT2D eigenvalue weighted by Crippen LogP contribution is 2.33. The Hall–Kier alpha value is -2.41. The Morgan fingerprint density at radius 3 is 2.46 bits per heavy atom. The van der Waals surface area contributed by atoms with Gasteiger partial charge in [-0.05, 0) is 12.1 Å². The normalized spacial score (nSPS) is 28.0. The molecule has 2 fully saturated rings. The largest absolute Gasteiger partial charge is 0.514 e. The minimum Gasteiger partial charge on any atom is -0.428 e. The molecule has 0 radical (unpaired) electrons. The number of para-hydroxylation sites is 1. The number of ether oxygens (including phenoxy) is 5. The maximum absolute atomic E-state index is 12.1. The molecule has 2 saturated heterocycles. The smallest absolute Gasteiger partial charge is 0.428 e. The van der Waals surface area contributed by atoms with Crippen LogP contribution < -0.4 is 4.74 Å². The Morgan fingerprint density at radius 2 is 1.69 bits per heavy atom. The average molecular weight is 356 g/mol. The molecule has 2 aromatic carbocycles. The predicted octanol–water partition coefficient (Wildman–Crippen LogP) is 3.47. The molecule has 4 atom stereocenters. The van der Waals surface area contributed by atoms with Gasteiger partial charge in [-0.25, -0.2) is 4.79 Å². The molecule has 2 aromatic rings. The number of carbonyl (C=O) groups is 1. The van der Waals surface area contributed by atoms with Crippen LogP contribution in [0.25, 0.3) is 0 Å². The van der Waals surface area contributed by atoms with Crippen molar-refractivity contribution in [2.75, 3.05) is 13.2 Å². The number of fused-ring (bicyclic) bond motifs is 1. The molecule has 6 heteroatoms. The lowest BCUT2D eigenvalue weighted by Gasteiger charge is -2.42. The zero-order valence-corrected chi connectivity index (χ0v) is 14.2. The molecule has 26 heavy (non-hydrogen) atoms. The molecule has 0 spiro atoms. The molecule has 136 valence electrons. The maximum Gasteiger partial charge on any atom is 0.514 e. The lowest BCUT2D eigenvalue weighted by atomic mass is 10.0. The molecule has 0 saturated carbocycles. The summed E-state index contributed by atoms with van der Waals surface area (Å²) < 4.78 is 28.3. The van der Waals surface area contributed by atoms with E-state index in [1.165, 1.54) is 0 Å². The number of rotatable bonds is 3. The van der Waals surface area contributed by atoms with Crippen molar-refractivity contribution in [1.29, 1.82) is 0 Å². The van der Waals surface area contributed by atoms with Crippen molar-refractivity contribution < 1.29 is 28.5 Å². The van der Waals surface area contributed by atoms with E-state index in [4.69, 9.17) is 23.7 Å². The quantitative estimate of drug-likeness (QED) is 0.620. The standard InChI is InChI=1S/C20H20O6/c21-20(24-15-9-5-2-6-10-15)25-16-11-12-22-17-13-23-19(26-18(16)17)14-7-3-1-4-8-14/h1-10,16-19H,11-13H2/t16-,17-,18-,19-/m1/s1. The van der Waals surface area contributed by atoms with Gasteiger partial charge >= 0.3 is 6.16 Å². The van der Waals surface area contributed by atoms with E-state index in [1.807, 2.05) is 36.4 Å². The Labute approximate surface area is 151 Å². The highest BCUT2D eigenvalue weighted by Gasteiger charge is 2.43. The first kappa shape index (κ1) is 17.0. The third kappa shape index (κ3) is 3.88. The summed E-state index contributed by atoms with van der Waals surface area (Å²) in [5.41, 5.74) is 0.919. The van der Waals surface area contributed by atoms with Crippen molar-refractivity contribution in [1.82, 2.24) is 0 Å². The van der Waals surface area contributed by atoms with Crippen molar-refractivity contribution in [2.45, 2.75) is 31.0 Å². The summed E-state index contributed by atoms with van der Waals surface area (Å²) in [6.07, 6.45) is -1.81. The molecule has 0 unspecified atom stereocenters. The van der Waals surface area contributed by atoms with E-state index in [0.29, 0.717) is 25.4 Å². The average Bonchev–Trinajstić information content (AvgIpc) is 2.69. The molecular weight excluding hydrogens is 336 g/mol. The van der Waals surface area contributed by atoms with Gasteiger partial charge in [-0.15, -0.1) is 0 Å². The second kappa shape index (κ2) is 7.86. The molecule has 0 bridgehead atoms. The topological polar surface area (TPSA) is 63.2 Å². The molecule has 2 heterocycles. The Morgan fingerprint density at radius 1 is 0.962 bits per heavy atom. The van der Waals surface area contributed by atoms with Crippen LogP contribution in [-0.4, -0.2) is 37.7 Å². The molecular formula is C20H20O6. The van der Waals surface area contributed by atoms with Crippen LogP contribution >= 0.6 is 0 Å². The zero-order valence-electron chi connectivity index (χ0n) is 14.2. The van der Waals surface area contributed by atoms with Gasteiger partial charge in [0, 0.05) is 12.0 Å². The van der Waals surface area contributed by atoms with Crippen LogP contribution in [0.2, 0.25) is 0 Å². The highest BCUT2D eigenvalue weighted by atomic mass is 16.8. The summed E-state index contributed by atoms with van der Waals surface area (Å²) in [5.74, 6) is 0.441. The van der Waals surface area contributed by atoms with E-state index in [2.05, 4.69) is 0 Å². The summed E-state index contributed by atoms with van der Waals surface area (Å²) >= 11 is 0. The fourth-order valence-electron chi connectivity index (χ4n) is 3.16. The van der Waals surface area contributed by atoms with Crippen molar-refractivity contribution in [3.8, 4) is 5.75 Å². The SMILES string of the molecule is O=C(Oc1ccccc1)O[C@@H]1CCO[C@@H]2CO[C@@H](c3ccccc3)O[C@@H]21. The van der Waals surface area contributed by atoms with Crippen molar-refractivity contribution in [3.05, 3.63) is 66.2 Å². The van der Waals surface area contributed by atoms with Crippen LogP contribution in [0.5, 0.6) is 5.75 Å². The van der Waals surface area contributed by atoms with Crippen LogP contribution in [0.15, 0.2) is 60.7 Å². The number of hydrogen-bond donors (Lipinski definition) is 0. The van der Waals surface area contributed by atoms with E-state index >= 15 is 0 Å². The Bertz CT molecular complexity index is 720. The Kier molecular flexibility index (Phi) is 5.15. The van der Waals surface area contributed by atoms with Gasteiger partial charge in [0.15, 0.2) is 6.29 Å². The third-order valence-electron chi connectivity index (χ3n) is 4.42. The van der Waals surface area contributed by atoms with Crippen LogP contribution in [-0.2, 0) is 18.9 Å². The lowest BCUT2D eigenvalue weighted by Crippen LogP contribution is -2.53. The number of carbonyl (C=O) groups excluding carboxylic acids is 1. The van der Waals surface area contributed by atoms with Gasteiger partial charge in [-0.2, -0.15) is 0 Å².